The van der Waals surface area contributed by atoms with Crippen LogP contribution in [-0.2, 0) is 13.0 Å². The molecule has 1 aromatic heterocycles. The third kappa shape index (κ3) is 4.77. The van der Waals surface area contributed by atoms with Gasteiger partial charge in [0.2, 0.25) is 5.82 Å². The molecule has 3 aromatic rings. The van der Waals surface area contributed by atoms with Crippen LogP contribution in [-0.4, -0.2) is 52.2 Å². The molecule has 0 bridgehead atoms. The summed E-state index contributed by atoms with van der Waals surface area (Å²) < 4.78 is 16.1. The molecule has 8 heteroatoms. The second-order valence-corrected chi connectivity index (χ2v) is 6.20. The van der Waals surface area contributed by atoms with E-state index < -0.39 is 6.10 Å². The van der Waals surface area contributed by atoms with Crippen molar-refractivity contribution in [3.05, 3.63) is 48.0 Å². The maximum absolute atomic E-state index is 10.2. The summed E-state index contributed by atoms with van der Waals surface area (Å²) in [6.45, 7) is 2.41. The van der Waals surface area contributed by atoms with E-state index in [1.807, 2.05) is 30.3 Å². The lowest BCUT2D eigenvalue weighted by Crippen LogP contribution is -2.25. The van der Waals surface area contributed by atoms with Gasteiger partial charge >= 0.3 is 0 Å². The van der Waals surface area contributed by atoms with Crippen LogP contribution < -0.4 is 14.2 Å². The predicted molar refractivity (Wildman–Crippen MR) is 104 cm³/mol. The first-order valence-corrected chi connectivity index (χ1v) is 9.03. The van der Waals surface area contributed by atoms with Gasteiger partial charge in [-0.15, -0.1) is 10.2 Å². The number of aromatic nitrogens is 4. The molecule has 0 fully saturated rings. The number of aryl methyl sites for hydroxylation is 1. The van der Waals surface area contributed by atoms with E-state index in [-0.39, 0.29) is 13.2 Å². The Morgan fingerprint density at radius 1 is 1.04 bits per heavy atom. The van der Waals surface area contributed by atoms with Gasteiger partial charge in [-0.05, 0) is 47.5 Å². The number of rotatable bonds is 9. The van der Waals surface area contributed by atoms with E-state index in [9.17, 15) is 5.11 Å². The number of benzene rings is 2. The first kappa shape index (κ1) is 19.6. The highest BCUT2D eigenvalue weighted by molar-refractivity contribution is 5.60. The van der Waals surface area contributed by atoms with Crippen LogP contribution in [0, 0.1) is 0 Å². The van der Waals surface area contributed by atoms with Crippen molar-refractivity contribution in [1.29, 1.82) is 0 Å². The zero-order valence-electron chi connectivity index (χ0n) is 16.2. The van der Waals surface area contributed by atoms with E-state index in [1.165, 1.54) is 10.4 Å². The topological polar surface area (TPSA) is 91.5 Å². The molecule has 0 saturated heterocycles. The van der Waals surface area contributed by atoms with Crippen molar-refractivity contribution in [3.63, 3.8) is 0 Å². The molecule has 3 rings (SSSR count). The molecule has 0 radical (unpaired) electrons. The van der Waals surface area contributed by atoms with E-state index >= 15 is 0 Å². The molecule has 1 atom stereocenters. The Hall–Kier alpha value is -3.13. The summed E-state index contributed by atoms with van der Waals surface area (Å²) in [5, 5.41) is 22.6. The molecule has 1 N–H and O–H groups in total. The largest absolute Gasteiger partial charge is 0.493 e. The summed E-state index contributed by atoms with van der Waals surface area (Å²) in [5.41, 5.74) is 1.98. The lowest BCUT2D eigenvalue weighted by Gasteiger charge is -2.11. The molecule has 0 unspecified atom stereocenters. The maximum Gasteiger partial charge on any atom is 0.205 e. The molecular formula is C20H24N4O4. The van der Waals surface area contributed by atoms with Crippen molar-refractivity contribution in [2.75, 3.05) is 20.8 Å². The fraction of sp³-hybridized carbons (Fsp3) is 0.350. The summed E-state index contributed by atoms with van der Waals surface area (Å²) in [7, 11) is 3.14. The lowest BCUT2D eigenvalue weighted by molar-refractivity contribution is 0.0850. The predicted octanol–water partition coefficient (Wildman–Crippen LogP) is 2.36. The fourth-order valence-electron chi connectivity index (χ4n) is 2.67. The van der Waals surface area contributed by atoms with Crippen LogP contribution in [0.2, 0.25) is 0 Å². The third-order valence-electron chi connectivity index (χ3n) is 4.24. The summed E-state index contributed by atoms with van der Waals surface area (Å²) in [4.78, 5) is 1.35. The van der Waals surface area contributed by atoms with Crippen molar-refractivity contribution in [1.82, 2.24) is 20.2 Å². The van der Waals surface area contributed by atoms with Crippen molar-refractivity contribution < 1.29 is 19.3 Å². The highest BCUT2D eigenvalue weighted by Crippen LogP contribution is 2.30. The molecule has 0 aliphatic heterocycles. The number of nitrogens with zero attached hydrogens (tertiary/aromatic N) is 4. The van der Waals surface area contributed by atoms with Crippen LogP contribution in [0.25, 0.3) is 11.4 Å². The number of ether oxygens (including phenoxy) is 3. The molecular weight excluding hydrogens is 360 g/mol. The number of hydrogen-bond donors (Lipinski definition) is 1. The summed E-state index contributed by atoms with van der Waals surface area (Å²) in [6.07, 6.45) is 0.210. The minimum absolute atomic E-state index is 0.138. The van der Waals surface area contributed by atoms with Crippen LogP contribution in [0.4, 0.5) is 0 Å². The van der Waals surface area contributed by atoms with Gasteiger partial charge < -0.3 is 19.3 Å². The molecule has 28 heavy (non-hydrogen) atoms. The van der Waals surface area contributed by atoms with Crippen LogP contribution >= 0.6 is 0 Å². The van der Waals surface area contributed by atoms with Crippen LogP contribution in [0.3, 0.4) is 0 Å². The van der Waals surface area contributed by atoms with Gasteiger partial charge in [0.1, 0.15) is 18.5 Å². The van der Waals surface area contributed by atoms with Gasteiger partial charge in [-0.25, -0.2) is 0 Å². The van der Waals surface area contributed by atoms with Gasteiger partial charge in [-0.3, -0.25) is 0 Å². The van der Waals surface area contributed by atoms with E-state index in [2.05, 4.69) is 22.3 Å². The molecule has 0 amide bonds. The van der Waals surface area contributed by atoms with E-state index in [0.29, 0.717) is 23.1 Å². The quantitative estimate of drug-likeness (QED) is 0.605. The number of methoxy groups -OCH3 is 2. The van der Waals surface area contributed by atoms with E-state index in [4.69, 9.17) is 14.2 Å². The van der Waals surface area contributed by atoms with Crippen LogP contribution in [0.1, 0.15) is 12.5 Å². The summed E-state index contributed by atoms with van der Waals surface area (Å²) >= 11 is 0. The highest BCUT2D eigenvalue weighted by atomic mass is 16.5. The van der Waals surface area contributed by atoms with Crippen LogP contribution in [0.15, 0.2) is 42.5 Å². The molecule has 2 aromatic carbocycles. The second kappa shape index (κ2) is 9.18. The van der Waals surface area contributed by atoms with Gasteiger partial charge in [0.05, 0.1) is 20.8 Å². The molecule has 1 heterocycles. The maximum atomic E-state index is 10.2. The first-order chi connectivity index (χ1) is 13.6. The van der Waals surface area contributed by atoms with Gasteiger partial charge in [0.25, 0.3) is 0 Å². The Bertz CT molecular complexity index is 895. The monoisotopic (exact) mass is 384 g/mol. The molecule has 0 aliphatic carbocycles. The summed E-state index contributed by atoms with van der Waals surface area (Å²) in [6, 6.07) is 13.2. The molecule has 0 spiro atoms. The Balaban J connectivity index is 1.59. The molecule has 148 valence electrons. The molecule has 0 aliphatic rings. The van der Waals surface area contributed by atoms with Gasteiger partial charge in [0, 0.05) is 5.56 Å². The fourth-order valence-corrected chi connectivity index (χ4v) is 2.67. The van der Waals surface area contributed by atoms with Crippen LogP contribution in [0.5, 0.6) is 17.2 Å². The van der Waals surface area contributed by atoms with Gasteiger partial charge in [-0.2, -0.15) is 4.80 Å². The zero-order valence-corrected chi connectivity index (χ0v) is 16.2. The molecule has 0 saturated carbocycles. The number of hydrogen-bond acceptors (Lipinski definition) is 7. The Labute approximate surface area is 163 Å². The van der Waals surface area contributed by atoms with E-state index in [0.717, 1.165) is 12.0 Å². The van der Waals surface area contributed by atoms with Crippen molar-refractivity contribution >= 4 is 0 Å². The normalized spacial score (nSPS) is 11.9. The summed E-state index contributed by atoms with van der Waals surface area (Å²) in [5.74, 6) is 2.36. The lowest BCUT2D eigenvalue weighted by atomic mass is 10.2. The zero-order chi connectivity index (χ0) is 19.9. The van der Waals surface area contributed by atoms with Gasteiger partial charge in [0.15, 0.2) is 11.5 Å². The number of tetrazole rings is 1. The Kier molecular flexibility index (Phi) is 6.44. The Morgan fingerprint density at radius 3 is 2.46 bits per heavy atom. The standard InChI is InChI=1S/C20H24N4O4/c1-4-14-5-8-17(9-6-14)28-13-16(25)12-24-22-20(21-23-24)15-7-10-18(26-2)19(11-15)27-3/h5-11,16,25H,4,12-13H2,1-3H3/t16-/m1/s1. The van der Waals surface area contributed by atoms with E-state index in [1.54, 1.807) is 26.4 Å². The minimum Gasteiger partial charge on any atom is -0.493 e. The molecule has 8 nitrogen and oxygen atoms in total. The minimum atomic E-state index is -0.765. The third-order valence-corrected chi connectivity index (χ3v) is 4.24. The second-order valence-electron chi connectivity index (χ2n) is 6.20. The van der Waals surface area contributed by atoms with Crippen molar-refractivity contribution in [2.45, 2.75) is 26.0 Å². The average Bonchev–Trinajstić information content (AvgIpc) is 3.20. The smallest absolute Gasteiger partial charge is 0.205 e. The number of aliphatic hydroxyl groups excluding tert-OH is 1. The first-order valence-electron chi connectivity index (χ1n) is 9.03. The SMILES string of the molecule is CCc1ccc(OC[C@H](O)Cn2nnc(-c3ccc(OC)c(OC)c3)n2)cc1. The van der Waals surface area contributed by atoms with Gasteiger partial charge in [-0.1, -0.05) is 19.1 Å². The number of aliphatic hydroxyl groups is 1. The highest BCUT2D eigenvalue weighted by Gasteiger charge is 2.13. The van der Waals surface area contributed by atoms with Crippen molar-refractivity contribution in [2.24, 2.45) is 0 Å². The average molecular weight is 384 g/mol. The van der Waals surface area contributed by atoms with Crippen molar-refractivity contribution in [3.8, 4) is 28.6 Å². The Morgan fingerprint density at radius 2 is 1.79 bits per heavy atom.